The van der Waals surface area contributed by atoms with Crippen molar-refractivity contribution in [1.29, 1.82) is 0 Å². The van der Waals surface area contributed by atoms with Crippen LogP contribution in [0.4, 0.5) is 4.79 Å². The molecule has 2 aliphatic rings. The first-order valence-electron chi connectivity index (χ1n) is 16.1. The molecule has 2 fully saturated rings. The van der Waals surface area contributed by atoms with Crippen LogP contribution in [0.5, 0.6) is 0 Å². The molecule has 6 amide bonds. The van der Waals surface area contributed by atoms with Crippen molar-refractivity contribution in [1.82, 2.24) is 25.8 Å². The minimum absolute atomic E-state index is 0.0303. The van der Waals surface area contributed by atoms with E-state index < -0.39 is 80.0 Å². The first-order chi connectivity index (χ1) is 22.1. The maximum absolute atomic E-state index is 13.4. The van der Waals surface area contributed by atoms with E-state index in [1.807, 2.05) is 45.9 Å². The third-order valence-electron chi connectivity index (χ3n) is 8.14. The van der Waals surface area contributed by atoms with Gasteiger partial charge in [-0.3, -0.25) is 38.3 Å². The number of likely N-dealkylation sites (N-methyl/N-ethyl adjacent to an activating group) is 1. The van der Waals surface area contributed by atoms with Crippen molar-refractivity contribution in [3.63, 3.8) is 0 Å². The molecular weight excluding hydrogens is 629 g/mol. The van der Waals surface area contributed by atoms with Crippen LogP contribution in [0.15, 0.2) is 30.3 Å². The van der Waals surface area contributed by atoms with E-state index in [0.717, 1.165) is 5.56 Å². The summed E-state index contributed by atoms with van der Waals surface area (Å²) in [6, 6.07) is 6.08. The molecule has 0 aromatic heterocycles. The highest BCUT2D eigenvalue weighted by atomic mass is 31.2. The molecule has 2 aliphatic heterocycles. The van der Waals surface area contributed by atoms with Crippen molar-refractivity contribution in [3.05, 3.63) is 35.9 Å². The number of carbonyl (C=O) groups excluding carboxylic acids is 6. The first-order valence-corrected chi connectivity index (χ1v) is 18.1. The van der Waals surface area contributed by atoms with Crippen molar-refractivity contribution in [2.24, 2.45) is 17.8 Å². The van der Waals surface area contributed by atoms with Gasteiger partial charge in [0.15, 0.2) is 0 Å². The third-order valence-corrected chi connectivity index (χ3v) is 9.87. The normalized spacial score (nSPS) is 20.6. The Balaban J connectivity index is 1.62. The van der Waals surface area contributed by atoms with Crippen LogP contribution in [0, 0.1) is 17.8 Å². The van der Waals surface area contributed by atoms with Gasteiger partial charge < -0.3 is 25.6 Å². The fourth-order valence-corrected chi connectivity index (χ4v) is 7.75. The Kier molecular flexibility index (Phi) is 13.5. The predicted octanol–water partition coefficient (Wildman–Crippen LogP) is 2.20. The lowest BCUT2D eigenvalue weighted by Crippen LogP contribution is -2.51. The number of ether oxygens (including phenoxy) is 1. The number of benzene rings is 1. The van der Waals surface area contributed by atoms with Gasteiger partial charge in [-0.15, -0.1) is 0 Å². The molecule has 15 heteroatoms. The number of carbonyl (C=O) groups is 6. The van der Waals surface area contributed by atoms with Crippen LogP contribution in [-0.4, -0.2) is 94.5 Å². The van der Waals surface area contributed by atoms with Gasteiger partial charge >= 0.3 is 6.09 Å². The SMILES string of the molecule is CNC(=O)[C@H](CC(C)C)NC(=O)[C@H](CC(C)C)CP(=O)(O)CN1C(=O)C[C@@H](NC(=O)[C@H]2CCCN2C(=O)OCc2ccccc2)C1=O. The van der Waals surface area contributed by atoms with E-state index in [-0.39, 0.29) is 37.3 Å². The van der Waals surface area contributed by atoms with Gasteiger partial charge in [-0.1, -0.05) is 58.0 Å². The second kappa shape index (κ2) is 16.9. The molecule has 4 N–H and O–H groups in total. The molecule has 2 heterocycles. The topological polar surface area (TPSA) is 192 Å². The van der Waals surface area contributed by atoms with Crippen LogP contribution in [0.25, 0.3) is 0 Å². The summed E-state index contributed by atoms with van der Waals surface area (Å²) in [5.74, 6) is -4.03. The van der Waals surface area contributed by atoms with E-state index in [4.69, 9.17) is 4.74 Å². The second-order valence-corrected chi connectivity index (χ2v) is 15.5. The Hall–Kier alpha value is -3.77. The second-order valence-electron chi connectivity index (χ2n) is 13.1. The Bertz CT molecular complexity index is 1360. The molecule has 1 unspecified atom stereocenters. The largest absolute Gasteiger partial charge is 0.445 e. The Labute approximate surface area is 275 Å². The van der Waals surface area contributed by atoms with Crippen molar-refractivity contribution < 1.29 is 43.0 Å². The summed E-state index contributed by atoms with van der Waals surface area (Å²) in [7, 11) is -2.82. The molecule has 0 bridgehead atoms. The summed E-state index contributed by atoms with van der Waals surface area (Å²) < 4.78 is 18.8. The molecule has 0 aliphatic carbocycles. The molecule has 47 heavy (non-hydrogen) atoms. The zero-order chi connectivity index (χ0) is 34.9. The number of hydrogen-bond donors (Lipinski definition) is 4. The zero-order valence-electron chi connectivity index (χ0n) is 27.8. The van der Waals surface area contributed by atoms with Gasteiger partial charge in [-0.2, -0.15) is 0 Å². The number of likely N-dealkylation sites (tertiary alicyclic amines) is 2. The van der Waals surface area contributed by atoms with Crippen molar-refractivity contribution in [2.45, 2.75) is 84.5 Å². The van der Waals surface area contributed by atoms with E-state index in [0.29, 0.717) is 24.2 Å². The average Bonchev–Trinajstić information content (AvgIpc) is 3.60. The van der Waals surface area contributed by atoms with Gasteiger partial charge in [0.1, 0.15) is 31.0 Å². The summed E-state index contributed by atoms with van der Waals surface area (Å²) in [6.45, 7) is 7.82. The van der Waals surface area contributed by atoms with Crippen LogP contribution in [0.1, 0.15) is 65.4 Å². The standard InChI is InChI=1S/C32H48N5O9P/c1-20(2)14-23(28(39)34-24(15-21(3)4)29(40)33-5)18-47(44,45)19-37-27(38)16-25(31(37)42)35-30(41)26-12-9-13-36(26)32(43)46-17-22-10-7-6-8-11-22/h6-8,10-11,20-21,23-26H,9,12-19H2,1-5H3,(H,33,40)(H,34,39)(H,35,41)(H,44,45)/t23-,24+,25-,26-/m1/s1. The number of rotatable bonds is 15. The molecule has 1 aromatic carbocycles. The van der Waals surface area contributed by atoms with Crippen molar-refractivity contribution >= 4 is 43.0 Å². The van der Waals surface area contributed by atoms with Crippen LogP contribution in [0.3, 0.4) is 0 Å². The molecule has 260 valence electrons. The van der Waals surface area contributed by atoms with Crippen LogP contribution >= 0.6 is 7.37 Å². The third kappa shape index (κ3) is 10.9. The number of hydrogen-bond acceptors (Lipinski definition) is 8. The van der Waals surface area contributed by atoms with E-state index in [1.165, 1.54) is 11.9 Å². The molecule has 14 nitrogen and oxygen atoms in total. The molecule has 0 radical (unpaired) electrons. The highest BCUT2D eigenvalue weighted by Gasteiger charge is 2.45. The summed E-state index contributed by atoms with van der Waals surface area (Å²) in [6.07, 6.45) is -0.904. The number of amides is 6. The monoisotopic (exact) mass is 677 g/mol. The average molecular weight is 678 g/mol. The Morgan fingerprint density at radius 1 is 1.02 bits per heavy atom. The molecule has 3 rings (SSSR count). The summed E-state index contributed by atoms with van der Waals surface area (Å²) in [5.41, 5.74) is 0.785. The van der Waals surface area contributed by atoms with Gasteiger partial charge in [0, 0.05) is 25.7 Å². The minimum atomic E-state index is -4.28. The fraction of sp³-hybridized carbons (Fsp3) is 0.625. The smallest absolute Gasteiger partial charge is 0.410 e. The fourth-order valence-electron chi connectivity index (χ4n) is 5.90. The zero-order valence-corrected chi connectivity index (χ0v) is 28.7. The molecule has 5 atom stereocenters. The Morgan fingerprint density at radius 2 is 1.68 bits per heavy atom. The van der Waals surface area contributed by atoms with Gasteiger partial charge in [0.05, 0.1) is 6.42 Å². The molecule has 2 saturated heterocycles. The molecular formula is C32H48N5O9P. The van der Waals surface area contributed by atoms with Crippen LogP contribution in [0.2, 0.25) is 0 Å². The van der Waals surface area contributed by atoms with Crippen LogP contribution < -0.4 is 16.0 Å². The van der Waals surface area contributed by atoms with Gasteiger partial charge in [0.2, 0.25) is 31.0 Å². The van der Waals surface area contributed by atoms with Gasteiger partial charge in [-0.25, -0.2) is 4.79 Å². The van der Waals surface area contributed by atoms with Crippen molar-refractivity contribution in [2.75, 3.05) is 26.0 Å². The van der Waals surface area contributed by atoms with Crippen LogP contribution in [-0.2, 0) is 39.9 Å². The maximum Gasteiger partial charge on any atom is 0.410 e. The van der Waals surface area contributed by atoms with E-state index in [9.17, 15) is 38.2 Å². The lowest BCUT2D eigenvalue weighted by atomic mass is 9.96. The predicted molar refractivity (Wildman–Crippen MR) is 173 cm³/mol. The number of nitrogens with zero attached hydrogens (tertiary/aromatic N) is 2. The van der Waals surface area contributed by atoms with E-state index >= 15 is 0 Å². The number of nitrogens with one attached hydrogen (secondary N) is 3. The summed E-state index contributed by atoms with van der Waals surface area (Å²) in [5, 5.41) is 7.77. The molecule has 0 saturated carbocycles. The summed E-state index contributed by atoms with van der Waals surface area (Å²) >= 11 is 0. The first kappa shape index (κ1) is 37.7. The number of imide groups is 1. The quantitative estimate of drug-likeness (QED) is 0.159. The summed E-state index contributed by atoms with van der Waals surface area (Å²) in [4.78, 5) is 90.5. The maximum atomic E-state index is 13.4. The van der Waals surface area contributed by atoms with Gasteiger partial charge in [-0.05, 0) is 43.1 Å². The molecule has 0 spiro atoms. The lowest BCUT2D eigenvalue weighted by Gasteiger charge is -2.27. The van der Waals surface area contributed by atoms with E-state index in [2.05, 4.69) is 16.0 Å². The van der Waals surface area contributed by atoms with E-state index in [1.54, 1.807) is 12.1 Å². The molecule has 1 aromatic rings. The lowest BCUT2D eigenvalue weighted by molar-refractivity contribution is -0.139. The van der Waals surface area contributed by atoms with Crippen molar-refractivity contribution in [3.8, 4) is 0 Å². The highest BCUT2D eigenvalue weighted by molar-refractivity contribution is 7.58. The Morgan fingerprint density at radius 3 is 2.30 bits per heavy atom. The minimum Gasteiger partial charge on any atom is -0.445 e. The highest BCUT2D eigenvalue weighted by Crippen LogP contribution is 2.45. The van der Waals surface area contributed by atoms with Gasteiger partial charge in [0.25, 0.3) is 5.91 Å².